The van der Waals surface area contributed by atoms with Crippen molar-refractivity contribution in [2.24, 2.45) is 0 Å². The molecule has 0 saturated carbocycles. The zero-order valence-electron chi connectivity index (χ0n) is 11.0. The lowest BCUT2D eigenvalue weighted by molar-refractivity contribution is -0.111. The molecule has 6 nitrogen and oxygen atoms in total. The molecule has 0 aliphatic rings. The quantitative estimate of drug-likeness (QED) is 0.644. The lowest BCUT2D eigenvalue weighted by Gasteiger charge is -1.97. The zero-order chi connectivity index (χ0) is 15.2. The molecular weight excluding hydrogens is 360 g/mol. The minimum atomic E-state index is -0.509. The summed E-state index contributed by atoms with van der Waals surface area (Å²) < 4.78 is 10.6. The molecule has 1 N–H and O–H groups in total. The fourth-order valence-corrected chi connectivity index (χ4v) is 2.35. The molecule has 0 bridgehead atoms. The van der Waals surface area contributed by atoms with Crippen LogP contribution in [-0.2, 0) is 9.53 Å². The van der Waals surface area contributed by atoms with Gasteiger partial charge >= 0.3 is 5.97 Å². The maximum atomic E-state index is 11.7. The molecule has 0 saturated heterocycles. The second kappa shape index (κ2) is 7.19. The van der Waals surface area contributed by atoms with Crippen LogP contribution in [0.25, 0.3) is 6.08 Å². The van der Waals surface area contributed by atoms with Gasteiger partial charge in [0, 0.05) is 11.5 Å². The summed E-state index contributed by atoms with van der Waals surface area (Å²) in [5.41, 5.74) is 0.177. The molecule has 110 valence electrons. The Balaban J connectivity index is 1.94. The number of ether oxygens (including phenoxy) is 1. The number of furan rings is 1. The summed E-state index contributed by atoms with van der Waals surface area (Å²) >= 11 is 4.32. The van der Waals surface area contributed by atoms with Crippen molar-refractivity contribution in [3.05, 3.63) is 39.7 Å². The first-order valence-electron chi connectivity index (χ1n) is 5.95. The van der Waals surface area contributed by atoms with E-state index in [1.165, 1.54) is 17.5 Å². The van der Waals surface area contributed by atoms with Crippen molar-refractivity contribution >= 4 is 50.4 Å². The van der Waals surface area contributed by atoms with Gasteiger partial charge < -0.3 is 9.15 Å². The van der Waals surface area contributed by atoms with Gasteiger partial charge in [-0.2, -0.15) is 0 Å². The Kier molecular flexibility index (Phi) is 5.29. The highest BCUT2D eigenvalue weighted by Gasteiger charge is 2.12. The molecule has 0 unspecified atom stereocenters. The van der Waals surface area contributed by atoms with Crippen LogP contribution >= 0.6 is 27.3 Å². The number of rotatable bonds is 5. The summed E-state index contributed by atoms with van der Waals surface area (Å²) in [5.74, 6) is -0.333. The van der Waals surface area contributed by atoms with Crippen molar-refractivity contribution in [2.75, 3.05) is 11.9 Å². The molecule has 0 aromatic carbocycles. The summed E-state index contributed by atoms with van der Waals surface area (Å²) in [6.45, 7) is 1.99. The first kappa shape index (κ1) is 15.5. The van der Waals surface area contributed by atoms with E-state index in [-0.39, 0.29) is 18.2 Å². The topological polar surface area (TPSA) is 81.4 Å². The number of nitrogens with zero attached hydrogens (tertiary/aromatic N) is 1. The summed E-state index contributed by atoms with van der Waals surface area (Å²) in [6, 6.07) is 3.44. The van der Waals surface area contributed by atoms with E-state index in [0.29, 0.717) is 15.6 Å². The maximum Gasteiger partial charge on any atom is 0.357 e. The fraction of sp³-hybridized carbons (Fsp3) is 0.154. The average molecular weight is 371 g/mol. The van der Waals surface area contributed by atoms with E-state index >= 15 is 0 Å². The molecule has 2 rings (SSSR count). The number of thiazole rings is 1. The number of esters is 1. The van der Waals surface area contributed by atoms with E-state index in [1.54, 1.807) is 19.1 Å². The first-order chi connectivity index (χ1) is 10.1. The van der Waals surface area contributed by atoms with Crippen LogP contribution in [0, 0.1) is 0 Å². The van der Waals surface area contributed by atoms with Crippen LogP contribution in [0.5, 0.6) is 0 Å². The molecule has 0 radical (unpaired) electrons. The van der Waals surface area contributed by atoms with Gasteiger partial charge in [-0.1, -0.05) is 0 Å². The van der Waals surface area contributed by atoms with Crippen LogP contribution in [0.2, 0.25) is 0 Å². The average Bonchev–Trinajstić information content (AvgIpc) is 3.06. The number of amides is 1. The Morgan fingerprint density at radius 1 is 1.52 bits per heavy atom. The number of hydrogen-bond donors (Lipinski definition) is 1. The number of aromatic nitrogens is 1. The molecule has 21 heavy (non-hydrogen) atoms. The summed E-state index contributed by atoms with van der Waals surface area (Å²) in [4.78, 5) is 27.1. The highest BCUT2D eigenvalue weighted by molar-refractivity contribution is 9.10. The van der Waals surface area contributed by atoms with Gasteiger partial charge in [0.25, 0.3) is 0 Å². The molecular formula is C13H11BrN2O4S. The van der Waals surface area contributed by atoms with Crippen molar-refractivity contribution < 1.29 is 18.7 Å². The van der Waals surface area contributed by atoms with E-state index in [9.17, 15) is 9.59 Å². The number of anilines is 1. The lowest BCUT2D eigenvalue weighted by Crippen LogP contribution is -2.09. The minimum Gasteiger partial charge on any atom is -0.461 e. The third-order valence-corrected chi connectivity index (χ3v) is 3.40. The van der Waals surface area contributed by atoms with Gasteiger partial charge in [-0.25, -0.2) is 9.78 Å². The Bertz CT molecular complexity index is 677. The summed E-state index contributed by atoms with van der Waals surface area (Å²) in [5, 5.41) is 4.41. The van der Waals surface area contributed by atoms with E-state index in [2.05, 4.69) is 26.2 Å². The molecule has 0 aliphatic heterocycles. The van der Waals surface area contributed by atoms with Crippen LogP contribution in [0.3, 0.4) is 0 Å². The number of carbonyl (C=O) groups is 2. The number of nitrogens with one attached hydrogen (secondary N) is 1. The molecule has 0 spiro atoms. The monoisotopic (exact) mass is 370 g/mol. The molecule has 2 aromatic heterocycles. The third-order valence-electron chi connectivity index (χ3n) is 2.21. The molecule has 0 atom stereocenters. The van der Waals surface area contributed by atoms with E-state index in [0.717, 1.165) is 11.3 Å². The summed E-state index contributed by atoms with van der Waals surface area (Å²) in [6.07, 6.45) is 2.84. The predicted molar refractivity (Wildman–Crippen MR) is 82.1 cm³/mol. The predicted octanol–water partition coefficient (Wildman–Crippen LogP) is 3.33. The van der Waals surface area contributed by atoms with Gasteiger partial charge in [0.05, 0.1) is 6.61 Å². The number of hydrogen-bond acceptors (Lipinski definition) is 6. The van der Waals surface area contributed by atoms with Gasteiger partial charge in [-0.05, 0) is 41.1 Å². The Morgan fingerprint density at radius 2 is 2.33 bits per heavy atom. The molecule has 2 heterocycles. The first-order valence-corrected chi connectivity index (χ1v) is 7.63. The van der Waals surface area contributed by atoms with E-state index in [4.69, 9.17) is 9.15 Å². The van der Waals surface area contributed by atoms with Gasteiger partial charge in [-0.15, -0.1) is 11.3 Å². The van der Waals surface area contributed by atoms with Gasteiger partial charge in [0.1, 0.15) is 5.76 Å². The zero-order valence-corrected chi connectivity index (χ0v) is 13.4. The van der Waals surface area contributed by atoms with Crippen molar-refractivity contribution in [3.8, 4) is 0 Å². The van der Waals surface area contributed by atoms with Crippen molar-refractivity contribution in [3.63, 3.8) is 0 Å². The van der Waals surface area contributed by atoms with Crippen LogP contribution in [0.4, 0.5) is 5.13 Å². The SMILES string of the molecule is CCOC(=O)c1csc(NC(=O)C=Cc2ccc(Br)o2)n1. The van der Waals surface area contributed by atoms with Crippen LogP contribution in [0.1, 0.15) is 23.2 Å². The maximum absolute atomic E-state index is 11.7. The summed E-state index contributed by atoms with van der Waals surface area (Å²) in [7, 11) is 0. The molecule has 0 aliphatic carbocycles. The van der Waals surface area contributed by atoms with Crippen molar-refractivity contribution in [1.29, 1.82) is 0 Å². The van der Waals surface area contributed by atoms with Gasteiger partial charge in [-0.3, -0.25) is 10.1 Å². The van der Waals surface area contributed by atoms with E-state index < -0.39 is 5.97 Å². The molecule has 2 aromatic rings. The van der Waals surface area contributed by atoms with Crippen LogP contribution in [0.15, 0.2) is 32.7 Å². The molecule has 1 amide bonds. The second-order valence-corrected chi connectivity index (χ2v) is 5.36. The van der Waals surface area contributed by atoms with Crippen molar-refractivity contribution in [1.82, 2.24) is 4.98 Å². The Hall–Kier alpha value is -1.93. The highest BCUT2D eigenvalue weighted by Crippen LogP contribution is 2.17. The molecule has 0 fully saturated rings. The Morgan fingerprint density at radius 3 is 3.00 bits per heavy atom. The van der Waals surface area contributed by atoms with Gasteiger partial charge in [0.15, 0.2) is 15.5 Å². The fourth-order valence-electron chi connectivity index (χ4n) is 1.35. The normalized spacial score (nSPS) is 10.8. The van der Waals surface area contributed by atoms with Crippen LogP contribution in [-0.4, -0.2) is 23.5 Å². The second-order valence-electron chi connectivity index (χ2n) is 3.72. The minimum absolute atomic E-state index is 0.177. The largest absolute Gasteiger partial charge is 0.461 e. The Labute approximate surface area is 132 Å². The van der Waals surface area contributed by atoms with Crippen LogP contribution < -0.4 is 5.32 Å². The standard InChI is InChI=1S/C13H11BrN2O4S/c1-2-19-12(18)9-7-21-13(15-9)16-11(17)6-4-8-3-5-10(14)20-8/h3-7H,2H2,1H3,(H,15,16,17). The van der Waals surface area contributed by atoms with Crippen molar-refractivity contribution in [2.45, 2.75) is 6.92 Å². The number of halogens is 1. The van der Waals surface area contributed by atoms with Gasteiger partial charge in [0.2, 0.25) is 5.91 Å². The lowest BCUT2D eigenvalue weighted by atomic mass is 10.4. The third kappa shape index (κ3) is 4.54. The number of carbonyl (C=O) groups excluding carboxylic acids is 2. The van der Waals surface area contributed by atoms with E-state index in [1.807, 2.05) is 0 Å². The highest BCUT2D eigenvalue weighted by atomic mass is 79.9. The smallest absolute Gasteiger partial charge is 0.357 e. The molecule has 8 heteroatoms.